The van der Waals surface area contributed by atoms with Gasteiger partial charge in [-0.15, -0.1) is 0 Å². The molecular formula is C13H24N2O2. The van der Waals surface area contributed by atoms with Crippen LogP contribution in [0.1, 0.15) is 51.4 Å². The summed E-state index contributed by atoms with van der Waals surface area (Å²) in [6.45, 7) is 0.189. The van der Waals surface area contributed by atoms with Gasteiger partial charge in [0, 0.05) is 24.6 Å². The van der Waals surface area contributed by atoms with Crippen molar-refractivity contribution in [2.75, 3.05) is 6.61 Å². The summed E-state index contributed by atoms with van der Waals surface area (Å²) in [5.74, 6) is 0.257. The number of carbonyl (C=O) groups is 1. The predicted octanol–water partition coefficient (Wildman–Crippen LogP) is 1.78. The van der Waals surface area contributed by atoms with E-state index >= 15 is 0 Å². The zero-order valence-corrected chi connectivity index (χ0v) is 10.5. The lowest BCUT2D eigenvalue weighted by Crippen LogP contribution is -2.48. The Morgan fingerprint density at radius 1 is 1.00 bits per heavy atom. The van der Waals surface area contributed by atoms with Crippen LogP contribution in [0.4, 0.5) is 4.79 Å². The highest BCUT2D eigenvalue weighted by atomic mass is 16.3. The van der Waals surface area contributed by atoms with E-state index in [2.05, 4.69) is 10.6 Å². The maximum atomic E-state index is 11.8. The van der Waals surface area contributed by atoms with Crippen LogP contribution in [-0.2, 0) is 0 Å². The molecule has 0 aromatic heterocycles. The van der Waals surface area contributed by atoms with E-state index in [1.165, 1.54) is 19.3 Å². The standard InChI is InChI=1S/C13H24N2O2/c16-9-10-5-4-8-12(10)15-13(17)14-11-6-2-1-3-7-11/h10-12,16H,1-9H2,(H2,14,15,17). The van der Waals surface area contributed by atoms with Gasteiger partial charge in [0.15, 0.2) is 0 Å². The molecule has 0 spiro atoms. The number of nitrogens with one attached hydrogen (secondary N) is 2. The molecule has 2 amide bonds. The van der Waals surface area contributed by atoms with E-state index in [-0.39, 0.29) is 24.6 Å². The van der Waals surface area contributed by atoms with Crippen molar-refractivity contribution < 1.29 is 9.90 Å². The summed E-state index contributed by atoms with van der Waals surface area (Å²) >= 11 is 0. The average Bonchev–Trinajstić information content (AvgIpc) is 2.77. The van der Waals surface area contributed by atoms with Gasteiger partial charge in [0.25, 0.3) is 0 Å². The molecule has 2 saturated carbocycles. The second kappa shape index (κ2) is 6.24. The van der Waals surface area contributed by atoms with Crippen LogP contribution in [0.5, 0.6) is 0 Å². The highest BCUT2D eigenvalue weighted by Gasteiger charge is 2.28. The largest absolute Gasteiger partial charge is 0.396 e. The number of aliphatic hydroxyl groups is 1. The van der Waals surface area contributed by atoms with Crippen LogP contribution in [0.3, 0.4) is 0 Å². The molecule has 3 N–H and O–H groups in total. The molecule has 17 heavy (non-hydrogen) atoms. The van der Waals surface area contributed by atoms with Gasteiger partial charge in [0.1, 0.15) is 0 Å². The molecule has 2 aliphatic rings. The molecule has 98 valence electrons. The lowest BCUT2D eigenvalue weighted by molar-refractivity contribution is 0.196. The summed E-state index contributed by atoms with van der Waals surface area (Å²) in [6.07, 6.45) is 9.13. The average molecular weight is 240 g/mol. The van der Waals surface area contributed by atoms with E-state index < -0.39 is 0 Å². The second-order valence-electron chi connectivity index (χ2n) is 5.43. The normalized spacial score (nSPS) is 30.2. The smallest absolute Gasteiger partial charge is 0.315 e. The minimum absolute atomic E-state index is 0.0396. The number of hydrogen-bond donors (Lipinski definition) is 3. The number of hydrogen-bond acceptors (Lipinski definition) is 2. The van der Waals surface area contributed by atoms with Gasteiger partial charge in [0.05, 0.1) is 0 Å². The fourth-order valence-electron chi connectivity index (χ4n) is 3.09. The minimum Gasteiger partial charge on any atom is -0.396 e. The summed E-state index contributed by atoms with van der Waals surface area (Å²) in [6, 6.07) is 0.489. The van der Waals surface area contributed by atoms with Gasteiger partial charge in [-0.2, -0.15) is 0 Å². The van der Waals surface area contributed by atoms with Crippen molar-refractivity contribution in [3.63, 3.8) is 0 Å². The Labute approximate surface area is 103 Å². The zero-order chi connectivity index (χ0) is 12.1. The molecule has 0 bridgehead atoms. The van der Waals surface area contributed by atoms with Crippen molar-refractivity contribution in [3.8, 4) is 0 Å². The van der Waals surface area contributed by atoms with E-state index in [9.17, 15) is 9.90 Å². The third-order valence-corrected chi connectivity index (χ3v) is 4.15. The van der Waals surface area contributed by atoms with Crippen LogP contribution in [0.15, 0.2) is 0 Å². The topological polar surface area (TPSA) is 61.4 Å². The SMILES string of the molecule is O=C(NC1CCCCC1)NC1CCCC1CO. The van der Waals surface area contributed by atoms with Gasteiger partial charge in [-0.05, 0) is 25.7 Å². The summed E-state index contributed by atoms with van der Waals surface area (Å²) in [7, 11) is 0. The molecule has 2 atom stereocenters. The highest BCUT2D eigenvalue weighted by molar-refractivity contribution is 5.74. The molecule has 0 aromatic rings. The fraction of sp³-hybridized carbons (Fsp3) is 0.923. The number of aliphatic hydroxyl groups excluding tert-OH is 1. The quantitative estimate of drug-likeness (QED) is 0.704. The molecule has 2 aliphatic carbocycles. The maximum absolute atomic E-state index is 11.8. The van der Waals surface area contributed by atoms with Crippen molar-refractivity contribution in [1.82, 2.24) is 10.6 Å². The van der Waals surface area contributed by atoms with E-state index in [0.717, 1.165) is 32.1 Å². The first-order chi connectivity index (χ1) is 8.29. The molecule has 0 aliphatic heterocycles. The Bertz CT molecular complexity index is 252. The first-order valence-electron chi connectivity index (χ1n) is 6.97. The molecule has 0 heterocycles. The molecule has 2 rings (SSSR count). The Kier molecular flexibility index (Phi) is 4.66. The summed E-state index contributed by atoms with van der Waals surface area (Å²) in [5.41, 5.74) is 0. The van der Waals surface area contributed by atoms with Gasteiger partial charge < -0.3 is 15.7 Å². The van der Waals surface area contributed by atoms with E-state index in [4.69, 9.17) is 0 Å². The predicted molar refractivity (Wildman–Crippen MR) is 66.8 cm³/mol. The summed E-state index contributed by atoms with van der Waals surface area (Å²) < 4.78 is 0. The van der Waals surface area contributed by atoms with E-state index in [1.54, 1.807) is 0 Å². The van der Waals surface area contributed by atoms with Gasteiger partial charge in [0.2, 0.25) is 0 Å². The number of carbonyl (C=O) groups excluding carboxylic acids is 1. The monoisotopic (exact) mass is 240 g/mol. The number of amides is 2. The lowest BCUT2D eigenvalue weighted by Gasteiger charge is -2.25. The third-order valence-electron chi connectivity index (χ3n) is 4.15. The molecule has 2 unspecified atom stereocenters. The van der Waals surface area contributed by atoms with Crippen LogP contribution in [0.25, 0.3) is 0 Å². The maximum Gasteiger partial charge on any atom is 0.315 e. The number of urea groups is 1. The molecular weight excluding hydrogens is 216 g/mol. The van der Waals surface area contributed by atoms with Crippen LogP contribution in [0, 0.1) is 5.92 Å². The molecule has 0 aromatic carbocycles. The Balaban J connectivity index is 1.72. The summed E-state index contributed by atoms with van der Waals surface area (Å²) in [5, 5.41) is 15.3. The van der Waals surface area contributed by atoms with Crippen LogP contribution in [0.2, 0.25) is 0 Å². The van der Waals surface area contributed by atoms with Gasteiger partial charge in [-0.25, -0.2) is 4.79 Å². The Hall–Kier alpha value is -0.770. The van der Waals surface area contributed by atoms with Crippen LogP contribution < -0.4 is 10.6 Å². The van der Waals surface area contributed by atoms with Gasteiger partial charge >= 0.3 is 6.03 Å². The van der Waals surface area contributed by atoms with Gasteiger partial charge in [-0.3, -0.25) is 0 Å². The minimum atomic E-state index is -0.0396. The molecule has 2 fully saturated rings. The van der Waals surface area contributed by atoms with Crippen molar-refractivity contribution >= 4 is 6.03 Å². The molecule has 4 nitrogen and oxygen atoms in total. The van der Waals surface area contributed by atoms with E-state index in [1.807, 2.05) is 0 Å². The summed E-state index contributed by atoms with van der Waals surface area (Å²) in [4.78, 5) is 11.8. The van der Waals surface area contributed by atoms with Crippen molar-refractivity contribution in [2.45, 2.75) is 63.5 Å². The van der Waals surface area contributed by atoms with Gasteiger partial charge in [-0.1, -0.05) is 25.7 Å². The Morgan fingerprint density at radius 3 is 2.47 bits per heavy atom. The van der Waals surface area contributed by atoms with Crippen molar-refractivity contribution in [3.05, 3.63) is 0 Å². The molecule has 0 radical (unpaired) electrons. The fourth-order valence-corrected chi connectivity index (χ4v) is 3.09. The highest BCUT2D eigenvalue weighted by Crippen LogP contribution is 2.25. The van der Waals surface area contributed by atoms with E-state index in [0.29, 0.717) is 6.04 Å². The Morgan fingerprint density at radius 2 is 1.76 bits per heavy atom. The van der Waals surface area contributed by atoms with Crippen molar-refractivity contribution in [1.29, 1.82) is 0 Å². The lowest BCUT2D eigenvalue weighted by atomic mass is 9.96. The zero-order valence-electron chi connectivity index (χ0n) is 10.5. The second-order valence-corrected chi connectivity index (χ2v) is 5.43. The molecule has 4 heteroatoms. The number of rotatable bonds is 3. The van der Waals surface area contributed by atoms with Crippen LogP contribution in [-0.4, -0.2) is 29.8 Å². The van der Waals surface area contributed by atoms with Crippen LogP contribution >= 0.6 is 0 Å². The van der Waals surface area contributed by atoms with Crippen molar-refractivity contribution in [2.24, 2.45) is 5.92 Å². The first-order valence-corrected chi connectivity index (χ1v) is 6.97. The third kappa shape index (κ3) is 3.60. The first kappa shape index (κ1) is 12.7. The molecule has 0 saturated heterocycles.